The van der Waals surface area contributed by atoms with Crippen molar-refractivity contribution in [3.05, 3.63) is 47.3 Å². The van der Waals surface area contributed by atoms with Gasteiger partial charge in [0.15, 0.2) is 5.78 Å². The van der Waals surface area contributed by atoms with Gasteiger partial charge in [0.1, 0.15) is 5.75 Å². The van der Waals surface area contributed by atoms with E-state index in [-0.39, 0.29) is 11.8 Å². The van der Waals surface area contributed by atoms with Crippen molar-refractivity contribution in [1.82, 2.24) is 9.47 Å². The molecule has 1 atom stereocenters. The summed E-state index contributed by atoms with van der Waals surface area (Å²) in [7, 11) is 3.42. The van der Waals surface area contributed by atoms with Crippen LogP contribution < -0.4 is 9.64 Å². The average molecular weight is 400 g/mol. The first-order valence-electron chi connectivity index (χ1n) is 10.3. The fraction of sp³-hybridized carbons (Fsp3) is 0.522. The number of anilines is 1. The lowest BCUT2D eigenvalue weighted by atomic mass is 10.1. The standard InChI is InChI=1S/C23H33N3O3/c1-17-14-20(19(3)26(17)18(2)16-28-4)22(27)15-24-10-12-25(13-11-24)21-8-6-7-9-23(21)29-5/h6-9,14,18H,10-13,15-16H2,1-5H3/t18-/m0/s1. The Morgan fingerprint density at radius 1 is 1.10 bits per heavy atom. The molecule has 0 amide bonds. The van der Waals surface area contributed by atoms with E-state index in [9.17, 15) is 4.79 Å². The molecule has 0 saturated carbocycles. The number of aromatic nitrogens is 1. The maximum Gasteiger partial charge on any atom is 0.178 e. The van der Waals surface area contributed by atoms with Crippen molar-refractivity contribution in [1.29, 1.82) is 0 Å². The molecule has 1 aliphatic heterocycles. The molecule has 1 aromatic heterocycles. The Labute approximate surface area is 174 Å². The first kappa shape index (κ1) is 21.4. The molecule has 158 valence electrons. The quantitative estimate of drug-likeness (QED) is 0.637. The topological polar surface area (TPSA) is 46.9 Å². The molecule has 0 unspecified atom stereocenters. The van der Waals surface area contributed by atoms with E-state index >= 15 is 0 Å². The van der Waals surface area contributed by atoms with Crippen LogP contribution in [0, 0.1) is 13.8 Å². The van der Waals surface area contributed by atoms with E-state index in [4.69, 9.17) is 9.47 Å². The number of piperazine rings is 1. The number of para-hydroxylation sites is 2. The predicted octanol–water partition coefficient (Wildman–Crippen LogP) is 3.33. The van der Waals surface area contributed by atoms with E-state index in [0.717, 1.165) is 54.6 Å². The molecule has 3 rings (SSSR count). The zero-order valence-corrected chi connectivity index (χ0v) is 18.3. The Hall–Kier alpha value is -2.31. The lowest BCUT2D eigenvalue weighted by molar-refractivity contribution is 0.0925. The van der Waals surface area contributed by atoms with Crippen LogP contribution in [0.15, 0.2) is 30.3 Å². The van der Waals surface area contributed by atoms with Crippen molar-refractivity contribution in [3.8, 4) is 5.75 Å². The summed E-state index contributed by atoms with van der Waals surface area (Å²) in [6, 6.07) is 10.3. The van der Waals surface area contributed by atoms with Crippen molar-refractivity contribution in [2.24, 2.45) is 0 Å². The van der Waals surface area contributed by atoms with Gasteiger partial charge in [-0.25, -0.2) is 0 Å². The van der Waals surface area contributed by atoms with Crippen LogP contribution in [0.5, 0.6) is 5.75 Å². The predicted molar refractivity (Wildman–Crippen MR) is 116 cm³/mol. The SMILES string of the molecule is COC[C@H](C)n1c(C)cc(C(=O)CN2CCN(c3ccccc3OC)CC2)c1C. The minimum Gasteiger partial charge on any atom is -0.495 e. The fourth-order valence-corrected chi connectivity index (χ4v) is 4.38. The zero-order valence-electron chi connectivity index (χ0n) is 18.3. The third-order valence-corrected chi connectivity index (χ3v) is 5.80. The molecule has 2 heterocycles. The summed E-state index contributed by atoms with van der Waals surface area (Å²) in [4.78, 5) is 17.6. The first-order chi connectivity index (χ1) is 14.0. The summed E-state index contributed by atoms with van der Waals surface area (Å²) < 4.78 is 13.0. The molecule has 1 aliphatic rings. The van der Waals surface area contributed by atoms with Crippen LogP contribution in [0.3, 0.4) is 0 Å². The second kappa shape index (κ2) is 9.46. The number of carbonyl (C=O) groups excluding carboxylic acids is 1. The molecule has 0 aliphatic carbocycles. The minimum absolute atomic E-state index is 0.194. The Morgan fingerprint density at radius 2 is 1.79 bits per heavy atom. The van der Waals surface area contributed by atoms with Crippen LogP contribution in [0.25, 0.3) is 0 Å². The molecule has 0 radical (unpaired) electrons. The van der Waals surface area contributed by atoms with Crippen LogP contribution in [0.2, 0.25) is 0 Å². The molecule has 2 aromatic rings. The molecule has 29 heavy (non-hydrogen) atoms. The largest absolute Gasteiger partial charge is 0.495 e. The molecule has 1 fully saturated rings. The maximum absolute atomic E-state index is 13.0. The van der Waals surface area contributed by atoms with Gasteiger partial charge in [-0.1, -0.05) is 12.1 Å². The van der Waals surface area contributed by atoms with Gasteiger partial charge in [0, 0.05) is 50.2 Å². The average Bonchev–Trinajstić information content (AvgIpc) is 3.03. The Kier molecular flexibility index (Phi) is 6.98. The van der Waals surface area contributed by atoms with Crippen LogP contribution in [0.4, 0.5) is 5.69 Å². The van der Waals surface area contributed by atoms with Gasteiger partial charge in [0.25, 0.3) is 0 Å². The van der Waals surface area contributed by atoms with Crippen LogP contribution in [0.1, 0.15) is 34.7 Å². The number of ketones is 1. The van der Waals surface area contributed by atoms with E-state index in [1.807, 2.05) is 31.2 Å². The number of hydrogen-bond donors (Lipinski definition) is 0. The number of aryl methyl sites for hydroxylation is 1. The number of benzene rings is 1. The number of hydrogen-bond acceptors (Lipinski definition) is 5. The summed E-state index contributed by atoms with van der Waals surface area (Å²) in [5.41, 5.74) is 4.09. The number of nitrogens with zero attached hydrogens (tertiary/aromatic N) is 3. The number of ether oxygens (including phenoxy) is 2. The Bertz CT molecular complexity index is 838. The molecule has 6 heteroatoms. The van der Waals surface area contributed by atoms with Crippen molar-refractivity contribution in [3.63, 3.8) is 0 Å². The highest BCUT2D eigenvalue weighted by Gasteiger charge is 2.24. The van der Waals surface area contributed by atoms with Gasteiger partial charge < -0.3 is 18.9 Å². The molecular weight excluding hydrogens is 366 g/mol. The summed E-state index contributed by atoms with van der Waals surface area (Å²) >= 11 is 0. The number of Topliss-reactive ketones (excluding diaryl/α,β-unsaturated/α-hetero) is 1. The fourth-order valence-electron chi connectivity index (χ4n) is 4.38. The smallest absolute Gasteiger partial charge is 0.178 e. The summed E-state index contributed by atoms with van der Waals surface area (Å²) in [6.45, 7) is 10.8. The summed E-state index contributed by atoms with van der Waals surface area (Å²) in [6.07, 6.45) is 0. The minimum atomic E-state index is 0.194. The van der Waals surface area contributed by atoms with Crippen molar-refractivity contribution < 1.29 is 14.3 Å². The highest BCUT2D eigenvalue weighted by Crippen LogP contribution is 2.28. The van der Waals surface area contributed by atoms with Crippen molar-refractivity contribution in [2.75, 3.05) is 58.5 Å². The molecule has 1 saturated heterocycles. The number of rotatable bonds is 8. The van der Waals surface area contributed by atoms with Gasteiger partial charge >= 0.3 is 0 Å². The highest BCUT2D eigenvalue weighted by atomic mass is 16.5. The van der Waals surface area contributed by atoms with Crippen molar-refractivity contribution in [2.45, 2.75) is 26.8 Å². The number of carbonyl (C=O) groups is 1. The third kappa shape index (κ3) is 4.65. The first-order valence-corrected chi connectivity index (χ1v) is 10.3. The molecule has 0 spiro atoms. The van der Waals surface area contributed by atoms with E-state index in [1.165, 1.54) is 0 Å². The van der Waals surface area contributed by atoms with E-state index in [2.05, 4.69) is 34.3 Å². The normalized spacial score (nSPS) is 16.1. The Balaban J connectivity index is 1.62. The van der Waals surface area contributed by atoms with Gasteiger partial charge in [-0.3, -0.25) is 9.69 Å². The van der Waals surface area contributed by atoms with Gasteiger partial charge in [0.05, 0.1) is 32.0 Å². The van der Waals surface area contributed by atoms with Gasteiger partial charge in [-0.15, -0.1) is 0 Å². The Morgan fingerprint density at radius 3 is 2.45 bits per heavy atom. The zero-order chi connectivity index (χ0) is 21.0. The lowest BCUT2D eigenvalue weighted by Gasteiger charge is -2.36. The van der Waals surface area contributed by atoms with Crippen LogP contribution in [-0.4, -0.2) is 68.8 Å². The molecule has 6 nitrogen and oxygen atoms in total. The van der Waals surface area contributed by atoms with E-state index in [0.29, 0.717) is 13.2 Å². The maximum atomic E-state index is 13.0. The summed E-state index contributed by atoms with van der Waals surface area (Å²) in [5.74, 6) is 1.09. The highest BCUT2D eigenvalue weighted by molar-refractivity contribution is 5.99. The van der Waals surface area contributed by atoms with Gasteiger partial charge in [-0.2, -0.15) is 0 Å². The number of methoxy groups -OCH3 is 2. The summed E-state index contributed by atoms with van der Waals surface area (Å²) in [5, 5.41) is 0. The molecular formula is C23H33N3O3. The van der Waals surface area contributed by atoms with Crippen LogP contribution >= 0.6 is 0 Å². The lowest BCUT2D eigenvalue weighted by Crippen LogP contribution is -2.48. The molecule has 0 N–H and O–H groups in total. The molecule has 1 aromatic carbocycles. The third-order valence-electron chi connectivity index (χ3n) is 5.80. The van der Waals surface area contributed by atoms with Gasteiger partial charge in [0.2, 0.25) is 0 Å². The van der Waals surface area contributed by atoms with Crippen molar-refractivity contribution >= 4 is 11.5 Å². The second-order valence-electron chi connectivity index (χ2n) is 7.82. The van der Waals surface area contributed by atoms with E-state index < -0.39 is 0 Å². The molecule has 0 bridgehead atoms. The second-order valence-corrected chi connectivity index (χ2v) is 7.82. The van der Waals surface area contributed by atoms with Gasteiger partial charge in [-0.05, 0) is 39.0 Å². The monoisotopic (exact) mass is 399 g/mol. The van der Waals surface area contributed by atoms with E-state index in [1.54, 1.807) is 14.2 Å². The van der Waals surface area contributed by atoms with Crippen LogP contribution in [-0.2, 0) is 4.74 Å².